The van der Waals surface area contributed by atoms with E-state index in [2.05, 4.69) is 10.9 Å². The summed E-state index contributed by atoms with van der Waals surface area (Å²) >= 11 is 5.81. The third-order valence-electron chi connectivity index (χ3n) is 3.56. The van der Waals surface area contributed by atoms with Gasteiger partial charge >= 0.3 is 0 Å². The SMILES string of the molecule is CC(=CCc1ccc2c(c1)OCO2)NNC(=O)c1ccc(Cl)cc1. The molecular weight excluding hydrogens is 328 g/mol. The first-order valence-electron chi connectivity index (χ1n) is 7.49. The highest BCUT2D eigenvalue weighted by Gasteiger charge is 2.12. The van der Waals surface area contributed by atoms with Crippen LogP contribution in [-0.2, 0) is 6.42 Å². The maximum Gasteiger partial charge on any atom is 0.269 e. The zero-order valence-corrected chi connectivity index (χ0v) is 13.9. The average Bonchev–Trinajstić information content (AvgIpc) is 3.06. The second-order valence-electron chi connectivity index (χ2n) is 5.36. The molecule has 0 saturated heterocycles. The van der Waals surface area contributed by atoms with Gasteiger partial charge in [0.1, 0.15) is 0 Å². The molecule has 0 atom stereocenters. The quantitative estimate of drug-likeness (QED) is 0.816. The molecule has 0 saturated carbocycles. The molecule has 124 valence electrons. The molecule has 0 bridgehead atoms. The summed E-state index contributed by atoms with van der Waals surface area (Å²) in [6, 6.07) is 12.5. The molecule has 0 fully saturated rings. The lowest BCUT2D eigenvalue weighted by Gasteiger charge is -2.09. The van der Waals surface area contributed by atoms with E-state index in [1.54, 1.807) is 24.3 Å². The topological polar surface area (TPSA) is 59.6 Å². The fraction of sp³-hybridized carbons (Fsp3) is 0.167. The Balaban J connectivity index is 1.53. The number of carbonyl (C=O) groups is 1. The van der Waals surface area contributed by atoms with Crippen LogP contribution in [-0.4, -0.2) is 12.7 Å². The van der Waals surface area contributed by atoms with Crippen LogP contribution in [0.25, 0.3) is 0 Å². The monoisotopic (exact) mass is 344 g/mol. The van der Waals surface area contributed by atoms with E-state index in [1.807, 2.05) is 31.2 Å². The van der Waals surface area contributed by atoms with Crippen molar-refractivity contribution in [2.24, 2.45) is 0 Å². The molecule has 2 aromatic carbocycles. The van der Waals surface area contributed by atoms with Crippen LogP contribution < -0.4 is 20.3 Å². The second kappa shape index (κ2) is 7.27. The summed E-state index contributed by atoms with van der Waals surface area (Å²) < 4.78 is 10.6. The van der Waals surface area contributed by atoms with Crippen molar-refractivity contribution in [1.29, 1.82) is 0 Å². The third kappa shape index (κ3) is 4.00. The van der Waals surface area contributed by atoms with Crippen molar-refractivity contribution in [3.63, 3.8) is 0 Å². The molecule has 24 heavy (non-hydrogen) atoms. The number of nitrogens with one attached hydrogen (secondary N) is 2. The molecule has 1 amide bonds. The molecule has 0 aliphatic carbocycles. The predicted octanol–water partition coefficient (Wildman–Crippen LogP) is 3.45. The van der Waals surface area contributed by atoms with E-state index in [0.29, 0.717) is 17.0 Å². The number of allylic oxidation sites excluding steroid dienone is 2. The van der Waals surface area contributed by atoms with Gasteiger partial charge in [-0.15, -0.1) is 0 Å². The zero-order valence-electron chi connectivity index (χ0n) is 13.1. The van der Waals surface area contributed by atoms with E-state index < -0.39 is 0 Å². The smallest absolute Gasteiger partial charge is 0.269 e. The number of amides is 1. The first-order valence-corrected chi connectivity index (χ1v) is 7.87. The highest BCUT2D eigenvalue weighted by molar-refractivity contribution is 6.30. The van der Waals surface area contributed by atoms with Gasteiger partial charge in [-0.2, -0.15) is 0 Å². The van der Waals surface area contributed by atoms with Gasteiger partial charge in [0.15, 0.2) is 11.5 Å². The summed E-state index contributed by atoms with van der Waals surface area (Å²) in [5.41, 5.74) is 8.02. The van der Waals surface area contributed by atoms with E-state index in [9.17, 15) is 4.79 Å². The Hall–Kier alpha value is -2.66. The number of hydrazine groups is 1. The Kier molecular flexibility index (Phi) is 4.91. The Bertz CT molecular complexity index is 772. The molecule has 0 radical (unpaired) electrons. The molecule has 2 aromatic rings. The Labute approximate surface area is 145 Å². The molecule has 1 heterocycles. The Morgan fingerprint density at radius 2 is 1.88 bits per heavy atom. The summed E-state index contributed by atoms with van der Waals surface area (Å²) in [5, 5.41) is 0.597. The number of carbonyl (C=O) groups excluding carboxylic acids is 1. The van der Waals surface area contributed by atoms with Gasteiger partial charge in [-0.25, -0.2) is 0 Å². The van der Waals surface area contributed by atoms with Crippen LogP contribution in [0.2, 0.25) is 5.02 Å². The number of hydrogen-bond donors (Lipinski definition) is 2. The third-order valence-corrected chi connectivity index (χ3v) is 3.81. The largest absolute Gasteiger partial charge is 0.454 e. The van der Waals surface area contributed by atoms with Crippen LogP contribution in [0.1, 0.15) is 22.8 Å². The normalized spacial score (nSPS) is 12.8. The average molecular weight is 345 g/mol. The van der Waals surface area contributed by atoms with Crippen molar-refractivity contribution in [3.8, 4) is 11.5 Å². The molecule has 3 rings (SSSR count). The minimum atomic E-state index is -0.220. The molecule has 2 N–H and O–H groups in total. The number of benzene rings is 2. The maximum absolute atomic E-state index is 12.0. The first kappa shape index (κ1) is 16.2. The van der Waals surface area contributed by atoms with E-state index in [4.69, 9.17) is 21.1 Å². The molecule has 5 nitrogen and oxygen atoms in total. The number of ether oxygens (including phenoxy) is 2. The van der Waals surface area contributed by atoms with E-state index in [1.165, 1.54) is 0 Å². The van der Waals surface area contributed by atoms with Crippen molar-refractivity contribution in [1.82, 2.24) is 10.9 Å². The number of fused-ring (bicyclic) bond motifs is 1. The van der Waals surface area contributed by atoms with Gasteiger partial charge in [0.25, 0.3) is 5.91 Å². The van der Waals surface area contributed by atoms with Crippen molar-refractivity contribution < 1.29 is 14.3 Å². The van der Waals surface area contributed by atoms with Crippen LogP contribution in [0, 0.1) is 0 Å². The first-order chi connectivity index (χ1) is 11.6. The minimum Gasteiger partial charge on any atom is -0.454 e. The van der Waals surface area contributed by atoms with Crippen molar-refractivity contribution in [2.75, 3.05) is 6.79 Å². The van der Waals surface area contributed by atoms with Crippen LogP contribution in [0.5, 0.6) is 11.5 Å². The van der Waals surface area contributed by atoms with Crippen LogP contribution in [0.3, 0.4) is 0 Å². The van der Waals surface area contributed by atoms with Crippen molar-refractivity contribution in [2.45, 2.75) is 13.3 Å². The van der Waals surface area contributed by atoms with E-state index in [0.717, 1.165) is 22.8 Å². The molecule has 0 spiro atoms. The van der Waals surface area contributed by atoms with Gasteiger partial charge in [0, 0.05) is 16.3 Å². The Morgan fingerprint density at radius 1 is 1.12 bits per heavy atom. The van der Waals surface area contributed by atoms with Gasteiger partial charge in [0.05, 0.1) is 0 Å². The number of hydrogen-bond acceptors (Lipinski definition) is 4. The standard InChI is InChI=1S/C18H17ClN2O3/c1-12(20-21-18(22)14-5-7-15(19)8-6-14)2-3-13-4-9-16-17(10-13)24-11-23-16/h2,4-10,20H,3,11H2,1H3,(H,21,22). The van der Waals surface area contributed by atoms with Crippen LogP contribution >= 0.6 is 11.6 Å². The van der Waals surface area contributed by atoms with Gasteiger partial charge in [-0.3, -0.25) is 10.2 Å². The fourth-order valence-electron chi connectivity index (χ4n) is 2.22. The highest BCUT2D eigenvalue weighted by Crippen LogP contribution is 2.32. The zero-order chi connectivity index (χ0) is 16.9. The maximum atomic E-state index is 12.0. The predicted molar refractivity (Wildman–Crippen MR) is 92.1 cm³/mol. The molecule has 6 heteroatoms. The summed E-state index contributed by atoms with van der Waals surface area (Å²) in [4.78, 5) is 12.0. The van der Waals surface area contributed by atoms with Crippen LogP contribution in [0.4, 0.5) is 0 Å². The summed E-state index contributed by atoms with van der Waals surface area (Å²) in [6.45, 7) is 2.15. The lowest BCUT2D eigenvalue weighted by molar-refractivity contribution is 0.0939. The lowest BCUT2D eigenvalue weighted by Crippen LogP contribution is -2.36. The molecule has 1 aliphatic rings. The van der Waals surface area contributed by atoms with Gasteiger partial charge in [0.2, 0.25) is 6.79 Å². The lowest BCUT2D eigenvalue weighted by atomic mass is 10.1. The number of halogens is 1. The van der Waals surface area contributed by atoms with Gasteiger partial charge in [-0.05, 0) is 55.3 Å². The highest BCUT2D eigenvalue weighted by atomic mass is 35.5. The molecule has 0 aromatic heterocycles. The summed E-state index contributed by atoms with van der Waals surface area (Å²) in [6.07, 6.45) is 2.70. The summed E-state index contributed by atoms with van der Waals surface area (Å²) in [5.74, 6) is 1.32. The minimum absolute atomic E-state index is 0.220. The summed E-state index contributed by atoms with van der Waals surface area (Å²) in [7, 11) is 0. The molecule has 1 aliphatic heterocycles. The van der Waals surface area contributed by atoms with Crippen LogP contribution in [0.15, 0.2) is 54.2 Å². The van der Waals surface area contributed by atoms with E-state index in [-0.39, 0.29) is 12.7 Å². The molecular formula is C18H17ClN2O3. The van der Waals surface area contributed by atoms with Crippen molar-refractivity contribution >= 4 is 17.5 Å². The second-order valence-corrected chi connectivity index (χ2v) is 5.80. The van der Waals surface area contributed by atoms with Crippen molar-refractivity contribution in [3.05, 3.63) is 70.4 Å². The van der Waals surface area contributed by atoms with E-state index >= 15 is 0 Å². The number of rotatable bonds is 5. The Morgan fingerprint density at radius 3 is 2.67 bits per heavy atom. The fourth-order valence-corrected chi connectivity index (χ4v) is 2.34. The van der Waals surface area contributed by atoms with Gasteiger partial charge < -0.3 is 14.9 Å². The van der Waals surface area contributed by atoms with Gasteiger partial charge in [-0.1, -0.05) is 23.7 Å². The molecule has 0 unspecified atom stereocenters.